The van der Waals surface area contributed by atoms with Gasteiger partial charge in [-0.3, -0.25) is 0 Å². The Morgan fingerprint density at radius 3 is 2.45 bits per heavy atom. The Morgan fingerprint density at radius 1 is 1.20 bits per heavy atom. The van der Waals surface area contributed by atoms with E-state index in [1.807, 2.05) is 25.7 Å². The molecule has 1 saturated heterocycles. The molecule has 1 aliphatic carbocycles. The predicted molar refractivity (Wildman–Crippen MR) is 80.7 cm³/mol. The van der Waals surface area contributed by atoms with Crippen LogP contribution in [0, 0.1) is 11.8 Å². The van der Waals surface area contributed by atoms with Crippen LogP contribution in [0.3, 0.4) is 0 Å². The van der Waals surface area contributed by atoms with Crippen molar-refractivity contribution < 1.29 is 9.53 Å². The summed E-state index contributed by atoms with van der Waals surface area (Å²) < 4.78 is 5.58. The van der Waals surface area contributed by atoms with Crippen LogP contribution in [-0.4, -0.2) is 42.3 Å². The maximum Gasteiger partial charge on any atom is 0.410 e. The van der Waals surface area contributed by atoms with E-state index in [9.17, 15) is 4.79 Å². The van der Waals surface area contributed by atoms with Gasteiger partial charge in [0.15, 0.2) is 0 Å². The number of amides is 1. The van der Waals surface area contributed by atoms with E-state index in [0.717, 1.165) is 25.6 Å². The van der Waals surface area contributed by atoms with Crippen molar-refractivity contribution in [1.29, 1.82) is 0 Å². The van der Waals surface area contributed by atoms with Gasteiger partial charge >= 0.3 is 6.09 Å². The Hall–Kier alpha value is -0.770. The van der Waals surface area contributed by atoms with Crippen LogP contribution >= 0.6 is 0 Å². The first-order valence-electron chi connectivity index (χ1n) is 8.07. The SMILES string of the molecule is CC1CCC(C2CNCCN2C(=O)OC(C)(C)C)CC1. The van der Waals surface area contributed by atoms with Crippen molar-refractivity contribution in [3.8, 4) is 0 Å². The molecule has 116 valence electrons. The third kappa shape index (κ3) is 4.11. The van der Waals surface area contributed by atoms with Gasteiger partial charge in [-0.1, -0.05) is 19.8 Å². The fourth-order valence-electron chi connectivity index (χ4n) is 3.36. The van der Waals surface area contributed by atoms with Crippen LogP contribution in [-0.2, 0) is 4.74 Å². The summed E-state index contributed by atoms with van der Waals surface area (Å²) in [6.45, 7) is 10.7. The lowest BCUT2D eigenvalue weighted by atomic mass is 9.78. The average molecular weight is 282 g/mol. The minimum absolute atomic E-state index is 0.136. The summed E-state index contributed by atoms with van der Waals surface area (Å²) in [6.07, 6.45) is 4.94. The molecule has 0 aromatic rings. The second-order valence-corrected chi connectivity index (χ2v) is 7.47. The topological polar surface area (TPSA) is 41.6 Å². The Labute approximate surface area is 123 Å². The number of nitrogens with one attached hydrogen (secondary N) is 1. The van der Waals surface area contributed by atoms with Gasteiger partial charge in [0.2, 0.25) is 0 Å². The molecule has 1 atom stereocenters. The molecule has 4 nitrogen and oxygen atoms in total. The van der Waals surface area contributed by atoms with E-state index in [1.165, 1.54) is 25.7 Å². The molecular formula is C16H30N2O2. The molecule has 1 heterocycles. The highest BCUT2D eigenvalue weighted by molar-refractivity contribution is 5.68. The Balaban J connectivity index is 1.99. The number of piperazine rings is 1. The van der Waals surface area contributed by atoms with Crippen LogP contribution in [0.4, 0.5) is 4.79 Å². The van der Waals surface area contributed by atoms with Crippen molar-refractivity contribution in [2.45, 2.75) is 65.0 Å². The highest BCUT2D eigenvalue weighted by Crippen LogP contribution is 2.33. The lowest BCUT2D eigenvalue weighted by Crippen LogP contribution is -2.57. The minimum Gasteiger partial charge on any atom is -0.444 e. The zero-order valence-electron chi connectivity index (χ0n) is 13.4. The second kappa shape index (κ2) is 6.33. The van der Waals surface area contributed by atoms with E-state index in [2.05, 4.69) is 12.2 Å². The molecule has 0 radical (unpaired) electrons. The number of rotatable bonds is 1. The summed E-state index contributed by atoms with van der Waals surface area (Å²) in [5.74, 6) is 1.48. The van der Waals surface area contributed by atoms with Gasteiger partial charge in [0, 0.05) is 19.6 Å². The van der Waals surface area contributed by atoms with Gasteiger partial charge < -0.3 is 15.0 Å². The maximum atomic E-state index is 12.4. The van der Waals surface area contributed by atoms with Gasteiger partial charge in [-0.15, -0.1) is 0 Å². The van der Waals surface area contributed by atoms with Crippen molar-refractivity contribution in [3.63, 3.8) is 0 Å². The van der Waals surface area contributed by atoms with Crippen LogP contribution in [0.15, 0.2) is 0 Å². The van der Waals surface area contributed by atoms with Crippen molar-refractivity contribution in [2.24, 2.45) is 11.8 Å². The summed E-state index contributed by atoms with van der Waals surface area (Å²) in [5, 5.41) is 3.44. The number of hydrogen-bond acceptors (Lipinski definition) is 3. The fraction of sp³-hybridized carbons (Fsp3) is 0.938. The highest BCUT2D eigenvalue weighted by atomic mass is 16.6. The van der Waals surface area contributed by atoms with Crippen LogP contribution < -0.4 is 5.32 Å². The fourth-order valence-corrected chi connectivity index (χ4v) is 3.36. The van der Waals surface area contributed by atoms with Crippen molar-refractivity contribution in [2.75, 3.05) is 19.6 Å². The van der Waals surface area contributed by atoms with Gasteiger partial charge in [0.1, 0.15) is 5.60 Å². The molecule has 0 bridgehead atoms. The van der Waals surface area contributed by atoms with Crippen LogP contribution in [0.25, 0.3) is 0 Å². The van der Waals surface area contributed by atoms with Crippen LogP contribution in [0.2, 0.25) is 0 Å². The quantitative estimate of drug-likeness (QED) is 0.804. The second-order valence-electron chi connectivity index (χ2n) is 7.47. The summed E-state index contributed by atoms with van der Waals surface area (Å²) in [6, 6.07) is 0.311. The molecule has 0 spiro atoms. The summed E-state index contributed by atoms with van der Waals surface area (Å²) in [7, 11) is 0. The number of carbonyl (C=O) groups is 1. The molecule has 1 aliphatic heterocycles. The summed E-state index contributed by atoms with van der Waals surface area (Å²) in [4.78, 5) is 14.4. The summed E-state index contributed by atoms with van der Waals surface area (Å²) >= 11 is 0. The molecule has 2 aliphatic rings. The van der Waals surface area contributed by atoms with Crippen molar-refractivity contribution in [1.82, 2.24) is 10.2 Å². The number of nitrogens with zero attached hydrogens (tertiary/aromatic N) is 1. The monoisotopic (exact) mass is 282 g/mol. The van der Waals surface area contributed by atoms with Gasteiger partial charge in [-0.05, 0) is 45.4 Å². The van der Waals surface area contributed by atoms with Gasteiger partial charge in [0.05, 0.1) is 6.04 Å². The summed E-state index contributed by atoms with van der Waals surface area (Å²) in [5.41, 5.74) is -0.409. The molecule has 2 rings (SSSR count). The molecular weight excluding hydrogens is 252 g/mol. The molecule has 1 N–H and O–H groups in total. The lowest BCUT2D eigenvalue weighted by molar-refractivity contribution is 0.000469. The first-order valence-corrected chi connectivity index (χ1v) is 8.07. The van der Waals surface area contributed by atoms with Crippen molar-refractivity contribution >= 4 is 6.09 Å². The zero-order chi connectivity index (χ0) is 14.8. The van der Waals surface area contributed by atoms with Crippen LogP contribution in [0.5, 0.6) is 0 Å². The molecule has 1 amide bonds. The Bertz CT molecular complexity index is 330. The average Bonchev–Trinajstić information content (AvgIpc) is 2.38. The largest absolute Gasteiger partial charge is 0.444 e. The van der Waals surface area contributed by atoms with E-state index in [4.69, 9.17) is 4.74 Å². The standard InChI is InChI=1S/C16H30N2O2/c1-12-5-7-13(8-6-12)14-11-17-9-10-18(14)15(19)20-16(2,3)4/h12-14,17H,5-11H2,1-4H3. The Morgan fingerprint density at radius 2 is 1.85 bits per heavy atom. The number of carbonyl (C=O) groups excluding carboxylic acids is 1. The predicted octanol–water partition coefficient (Wildman–Crippen LogP) is 3.02. The van der Waals surface area contributed by atoms with Gasteiger partial charge in [0.25, 0.3) is 0 Å². The first-order chi connectivity index (χ1) is 9.37. The molecule has 1 unspecified atom stereocenters. The van der Waals surface area contributed by atoms with E-state index in [-0.39, 0.29) is 6.09 Å². The van der Waals surface area contributed by atoms with Gasteiger partial charge in [-0.2, -0.15) is 0 Å². The molecule has 2 fully saturated rings. The minimum atomic E-state index is -0.409. The van der Waals surface area contributed by atoms with E-state index < -0.39 is 5.60 Å². The Kier molecular flexibility index (Phi) is 4.95. The molecule has 4 heteroatoms. The van der Waals surface area contributed by atoms with E-state index >= 15 is 0 Å². The number of ether oxygens (including phenoxy) is 1. The number of hydrogen-bond donors (Lipinski definition) is 1. The third-order valence-corrected chi connectivity index (χ3v) is 4.52. The highest BCUT2D eigenvalue weighted by Gasteiger charge is 2.36. The lowest BCUT2D eigenvalue weighted by Gasteiger charge is -2.43. The normalized spacial score (nSPS) is 32.0. The first kappa shape index (κ1) is 15.6. The molecule has 0 aromatic carbocycles. The molecule has 20 heavy (non-hydrogen) atoms. The maximum absolute atomic E-state index is 12.4. The smallest absolute Gasteiger partial charge is 0.410 e. The third-order valence-electron chi connectivity index (χ3n) is 4.52. The van der Waals surface area contributed by atoms with E-state index in [0.29, 0.717) is 12.0 Å². The molecule has 1 saturated carbocycles. The zero-order valence-corrected chi connectivity index (χ0v) is 13.4. The van der Waals surface area contributed by atoms with Crippen molar-refractivity contribution in [3.05, 3.63) is 0 Å². The molecule has 0 aromatic heterocycles. The van der Waals surface area contributed by atoms with Gasteiger partial charge in [-0.25, -0.2) is 4.79 Å². The van der Waals surface area contributed by atoms with E-state index in [1.54, 1.807) is 0 Å². The van der Waals surface area contributed by atoms with Crippen LogP contribution in [0.1, 0.15) is 53.4 Å².